The fraction of sp³-hybridized carbons (Fsp3) is 0.727. The molecule has 15 heavy (non-hydrogen) atoms. The highest BCUT2D eigenvalue weighted by atomic mass is 16.2. The van der Waals surface area contributed by atoms with Crippen LogP contribution in [0.2, 0.25) is 0 Å². The van der Waals surface area contributed by atoms with Crippen molar-refractivity contribution >= 4 is 5.91 Å². The van der Waals surface area contributed by atoms with Crippen LogP contribution < -0.4 is 5.73 Å². The summed E-state index contributed by atoms with van der Waals surface area (Å²) in [5.41, 5.74) is 5.00. The van der Waals surface area contributed by atoms with Gasteiger partial charge in [-0.2, -0.15) is 0 Å². The molecule has 0 aromatic carbocycles. The molecule has 4 nitrogen and oxygen atoms in total. The Morgan fingerprint density at radius 3 is 2.33 bits per heavy atom. The van der Waals surface area contributed by atoms with Crippen molar-refractivity contribution in [3.05, 3.63) is 0 Å². The number of nitrogens with zero attached hydrogens (tertiary/aromatic N) is 2. The van der Waals surface area contributed by atoms with Crippen molar-refractivity contribution in [1.29, 1.82) is 0 Å². The predicted octanol–water partition coefficient (Wildman–Crippen LogP) is -0.499. The van der Waals surface area contributed by atoms with Crippen molar-refractivity contribution in [2.24, 2.45) is 5.73 Å². The molecule has 0 saturated carbocycles. The second-order valence-corrected chi connectivity index (χ2v) is 4.49. The maximum atomic E-state index is 11.8. The van der Waals surface area contributed by atoms with Gasteiger partial charge in [-0.1, -0.05) is 5.92 Å². The molecule has 0 aromatic heterocycles. The normalized spacial score (nSPS) is 18.7. The topological polar surface area (TPSA) is 49.6 Å². The lowest BCUT2D eigenvalue weighted by Crippen LogP contribution is -2.56. The number of carbonyl (C=O) groups is 1. The number of rotatable bonds is 2. The minimum atomic E-state index is -0.770. The van der Waals surface area contributed by atoms with Gasteiger partial charge >= 0.3 is 0 Å². The van der Waals surface area contributed by atoms with E-state index in [1.807, 2.05) is 4.90 Å². The van der Waals surface area contributed by atoms with Gasteiger partial charge in [-0.05, 0) is 13.8 Å². The molecule has 0 unspecified atom stereocenters. The van der Waals surface area contributed by atoms with E-state index in [1.165, 1.54) is 0 Å². The first-order valence-electron chi connectivity index (χ1n) is 5.19. The van der Waals surface area contributed by atoms with Crippen LogP contribution in [-0.2, 0) is 4.79 Å². The van der Waals surface area contributed by atoms with Gasteiger partial charge in [0.15, 0.2) is 0 Å². The lowest BCUT2D eigenvalue weighted by atomic mass is 10.0. The number of piperazine rings is 1. The molecule has 0 aliphatic carbocycles. The summed E-state index contributed by atoms with van der Waals surface area (Å²) in [5.74, 6) is 2.63. The van der Waals surface area contributed by atoms with Crippen molar-refractivity contribution < 1.29 is 4.79 Å². The molecule has 0 aromatic rings. The highest BCUT2D eigenvalue weighted by Gasteiger charge is 2.29. The predicted molar refractivity (Wildman–Crippen MR) is 60.1 cm³/mol. The third-order valence-electron chi connectivity index (χ3n) is 2.53. The quantitative estimate of drug-likeness (QED) is 0.624. The van der Waals surface area contributed by atoms with E-state index < -0.39 is 5.54 Å². The molecule has 1 aliphatic rings. The Hall–Kier alpha value is -1.05. The highest BCUT2D eigenvalue weighted by Crippen LogP contribution is 2.08. The molecule has 0 spiro atoms. The number of terminal acetylenes is 1. The summed E-state index contributed by atoms with van der Waals surface area (Å²) in [6.45, 7) is 7.26. The number of nitrogens with two attached hydrogens (primary N) is 1. The molecule has 1 saturated heterocycles. The maximum absolute atomic E-state index is 11.8. The van der Waals surface area contributed by atoms with Crippen LogP contribution in [0.5, 0.6) is 0 Å². The first kappa shape index (κ1) is 12.0. The molecule has 0 atom stereocenters. The summed E-state index contributed by atoms with van der Waals surface area (Å²) >= 11 is 0. The molecule has 1 rings (SSSR count). The van der Waals surface area contributed by atoms with Gasteiger partial charge in [0.2, 0.25) is 5.91 Å². The molecule has 1 fully saturated rings. The van der Waals surface area contributed by atoms with Gasteiger partial charge in [-0.3, -0.25) is 9.69 Å². The molecule has 1 amide bonds. The zero-order valence-electron chi connectivity index (χ0n) is 9.49. The maximum Gasteiger partial charge on any atom is 0.242 e. The van der Waals surface area contributed by atoms with Crippen LogP contribution in [0.3, 0.4) is 0 Å². The fourth-order valence-corrected chi connectivity index (χ4v) is 1.65. The minimum Gasteiger partial charge on any atom is -0.339 e. The van der Waals surface area contributed by atoms with E-state index >= 15 is 0 Å². The first-order valence-corrected chi connectivity index (χ1v) is 5.19. The van der Waals surface area contributed by atoms with Crippen molar-refractivity contribution in [1.82, 2.24) is 9.80 Å². The SMILES string of the molecule is C#CCN1CCN(C(=O)C(C)(C)N)CC1. The average Bonchev–Trinajstić information content (AvgIpc) is 2.17. The lowest BCUT2D eigenvalue weighted by Gasteiger charge is -2.36. The monoisotopic (exact) mass is 209 g/mol. The smallest absolute Gasteiger partial charge is 0.242 e. The van der Waals surface area contributed by atoms with Crippen molar-refractivity contribution in [2.75, 3.05) is 32.7 Å². The zero-order chi connectivity index (χ0) is 11.5. The molecule has 84 valence electrons. The summed E-state index contributed by atoms with van der Waals surface area (Å²) in [5, 5.41) is 0. The van der Waals surface area contributed by atoms with Crippen molar-refractivity contribution in [3.8, 4) is 12.3 Å². The molecule has 0 bridgehead atoms. The lowest BCUT2D eigenvalue weighted by molar-refractivity contribution is -0.137. The first-order chi connectivity index (χ1) is 6.95. The Kier molecular flexibility index (Phi) is 3.72. The molecule has 0 radical (unpaired) electrons. The summed E-state index contributed by atoms with van der Waals surface area (Å²) < 4.78 is 0. The molecular weight excluding hydrogens is 190 g/mol. The largest absolute Gasteiger partial charge is 0.339 e. The van der Waals surface area contributed by atoms with Gasteiger partial charge < -0.3 is 10.6 Å². The number of hydrogen-bond donors (Lipinski definition) is 1. The van der Waals surface area contributed by atoms with Crippen LogP contribution in [0.4, 0.5) is 0 Å². The molecule has 1 heterocycles. The third kappa shape index (κ3) is 3.22. The number of carbonyl (C=O) groups excluding carboxylic acids is 1. The molecule has 4 heteroatoms. The van der Waals surface area contributed by atoms with Crippen LogP contribution in [0.25, 0.3) is 0 Å². The van der Waals surface area contributed by atoms with Crippen LogP contribution in [0.15, 0.2) is 0 Å². The van der Waals surface area contributed by atoms with Gasteiger partial charge in [-0.15, -0.1) is 6.42 Å². The minimum absolute atomic E-state index is 0.0165. The fourth-order valence-electron chi connectivity index (χ4n) is 1.65. The van der Waals surface area contributed by atoms with E-state index in [-0.39, 0.29) is 5.91 Å². The van der Waals surface area contributed by atoms with E-state index in [0.29, 0.717) is 6.54 Å². The Bertz CT molecular complexity index is 267. The summed E-state index contributed by atoms with van der Waals surface area (Å²) in [6, 6.07) is 0. The van der Waals surface area contributed by atoms with E-state index in [9.17, 15) is 4.79 Å². The Balaban J connectivity index is 2.45. The van der Waals surface area contributed by atoms with Crippen molar-refractivity contribution in [2.45, 2.75) is 19.4 Å². The summed E-state index contributed by atoms with van der Waals surface area (Å²) in [4.78, 5) is 15.8. The average molecular weight is 209 g/mol. The number of amides is 1. The Morgan fingerprint density at radius 2 is 1.93 bits per heavy atom. The van der Waals surface area contributed by atoms with E-state index in [0.717, 1.165) is 26.2 Å². The van der Waals surface area contributed by atoms with Crippen LogP contribution in [0.1, 0.15) is 13.8 Å². The van der Waals surface area contributed by atoms with Gasteiger partial charge in [0.25, 0.3) is 0 Å². The molecule has 2 N–H and O–H groups in total. The van der Waals surface area contributed by atoms with Crippen molar-refractivity contribution in [3.63, 3.8) is 0 Å². The molecular formula is C11H19N3O. The van der Waals surface area contributed by atoms with Gasteiger partial charge in [0, 0.05) is 26.2 Å². The zero-order valence-corrected chi connectivity index (χ0v) is 9.49. The highest BCUT2D eigenvalue weighted by molar-refractivity contribution is 5.85. The second kappa shape index (κ2) is 4.65. The Morgan fingerprint density at radius 1 is 1.40 bits per heavy atom. The van der Waals surface area contributed by atoms with Crippen LogP contribution in [-0.4, -0.2) is 54.0 Å². The van der Waals surface area contributed by atoms with Gasteiger partial charge in [0.05, 0.1) is 12.1 Å². The number of hydrogen-bond acceptors (Lipinski definition) is 3. The van der Waals surface area contributed by atoms with Crippen LogP contribution in [0, 0.1) is 12.3 Å². The molecule has 1 aliphatic heterocycles. The van der Waals surface area contributed by atoms with Crippen LogP contribution >= 0.6 is 0 Å². The van der Waals surface area contributed by atoms with E-state index in [1.54, 1.807) is 13.8 Å². The van der Waals surface area contributed by atoms with Gasteiger partial charge in [0.1, 0.15) is 0 Å². The Labute approximate surface area is 91.4 Å². The third-order valence-corrected chi connectivity index (χ3v) is 2.53. The van der Waals surface area contributed by atoms with E-state index in [2.05, 4.69) is 10.8 Å². The van der Waals surface area contributed by atoms with Gasteiger partial charge in [-0.25, -0.2) is 0 Å². The standard InChI is InChI=1S/C11H19N3O/c1-4-5-13-6-8-14(9-7-13)10(15)11(2,3)12/h1H,5-9,12H2,2-3H3. The summed E-state index contributed by atoms with van der Waals surface area (Å²) in [6.07, 6.45) is 5.23. The summed E-state index contributed by atoms with van der Waals surface area (Å²) in [7, 11) is 0. The second-order valence-electron chi connectivity index (χ2n) is 4.49. The van der Waals surface area contributed by atoms with E-state index in [4.69, 9.17) is 12.2 Å².